The molecule has 29 heavy (non-hydrogen) atoms. The molecule has 2 aromatic heterocycles. The number of aryl methyl sites for hydroxylation is 2. The van der Waals surface area contributed by atoms with Gasteiger partial charge in [-0.05, 0) is 50.2 Å². The molecule has 0 spiro atoms. The van der Waals surface area contributed by atoms with Crippen molar-refractivity contribution in [3.05, 3.63) is 64.3 Å². The second-order valence-corrected chi connectivity index (χ2v) is 9.80. The number of nitrogens with zero attached hydrogens (tertiary/aromatic N) is 3. The summed E-state index contributed by atoms with van der Waals surface area (Å²) in [6.07, 6.45) is 0.983. The Morgan fingerprint density at radius 3 is 2.41 bits per heavy atom. The highest BCUT2D eigenvalue weighted by molar-refractivity contribution is 7.98. The van der Waals surface area contributed by atoms with Gasteiger partial charge in [-0.15, -0.1) is 11.8 Å². The van der Waals surface area contributed by atoms with Crippen LogP contribution < -0.4 is 4.31 Å². The molecule has 0 aliphatic rings. The first-order valence-electron chi connectivity index (χ1n) is 8.60. The summed E-state index contributed by atoms with van der Waals surface area (Å²) in [6, 6.07) is 10.5. The molecular formula is C19H20ClN3O4S2. The molecule has 0 saturated carbocycles. The average Bonchev–Trinajstić information content (AvgIpc) is 3.21. The molecule has 1 amide bonds. The monoisotopic (exact) mass is 453 g/mol. The highest BCUT2D eigenvalue weighted by atomic mass is 35.5. The van der Waals surface area contributed by atoms with E-state index >= 15 is 0 Å². The number of furan rings is 1. The maximum atomic E-state index is 13.0. The molecule has 154 valence electrons. The summed E-state index contributed by atoms with van der Waals surface area (Å²) in [6.45, 7) is 3.36. The molecule has 0 saturated heterocycles. The van der Waals surface area contributed by atoms with Crippen LogP contribution in [0.5, 0.6) is 0 Å². The fraction of sp³-hybridized carbons (Fsp3) is 0.263. The number of thioether (sulfide) groups is 1. The van der Waals surface area contributed by atoms with Crippen LogP contribution in [0.15, 0.2) is 45.7 Å². The zero-order valence-corrected chi connectivity index (χ0v) is 18.7. The highest BCUT2D eigenvalue weighted by Crippen LogP contribution is 2.29. The van der Waals surface area contributed by atoms with Gasteiger partial charge in [0.1, 0.15) is 11.4 Å². The van der Waals surface area contributed by atoms with Crippen LogP contribution in [0.3, 0.4) is 0 Å². The molecule has 0 aliphatic carbocycles. The lowest BCUT2D eigenvalue weighted by atomic mass is 10.3. The highest BCUT2D eigenvalue weighted by Gasteiger charge is 2.33. The molecule has 0 radical (unpaired) electrons. The largest absolute Gasteiger partial charge is 0.455 e. The molecule has 0 N–H and O–H groups in total. The van der Waals surface area contributed by atoms with Gasteiger partial charge in [-0.2, -0.15) is 9.40 Å². The van der Waals surface area contributed by atoms with Crippen LogP contribution in [0.1, 0.15) is 27.7 Å². The van der Waals surface area contributed by atoms with Gasteiger partial charge >= 0.3 is 5.91 Å². The molecule has 10 heteroatoms. The predicted molar refractivity (Wildman–Crippen MR) is 114 cm³/mol. The molecule has 0 unspecified atom stereocenters. The topological polar surface area (TPSA) is 85.4 Å². The number of halogens is 1. The van der Waals surface area contributed by atoms with E-state index in [0.29, 0.717) is 27.9 Å². The quantitative estimate of drug-likeness (QED) is 0.520. The minimum Gasteiger partial charge on any atom is -0.455 e. The predicted octanol–water partition coefficient (Wildman–Crippen LogP) is 4.18. The lowest BCUT2D eigenvalue weighted by Gasteiger charge is -2.19. The van der Waals surface area contributed by atoms with E-state index in [1.54, 1.807) is 39.1 Å². The standard InChI is InChI=1S/C19H20ClN3O4S2/c1-12-18(13(2)22(3)21-12)23(29(4,25)26)19(24)17-10-7-15(27-17)11-28-16-8-5-14(20)6-9-16/h5-10H,11H2,1-4H3. The Hall–Kier alpha value is -2.23. The van der Waals surface area contributed by atoms with Gasteiger partial charge < -0.3 is 4.42 Å². The van der Waals surface area contributed by atoms with Crippen molar-refractivity contribution in [1.82, 2.24) is 9.78 Å². The van der Waals surface area contributed by atoms with Crippen LogP contribution in [-0.4, -0.2) is 30.4 Å². The van der Waals surface area contributed by atoms with Gasteiger partial charge in [-0.1, -0.05) is 11.6 Å². The molecule has 1 aromatic carbocycles. The van der Waals surface area contributed by atoms with Crippen molar-refractivity contribution in [3.8, 4) is 0 Å². The van der Waals surface area contributed by atoms with Gasteiger partial charge in [0.2, 0.25) is 10.0 Å². The van der Waals surface area contributed by atoms with Crippen molar-refractivity contribution in [2.45, 2.75) is 24.5 Å². The van der Waals surface area contributed by atoms with Gasteiger partial charge in [-0.25, -0.2) is 8.42 Å². The summed E-state index contributed by atoms with van der Waals surface area (Å²) < 4.78 is 32.8. The Balaban J connectivity index is 1.85. The molecule has 0 fully saturated rings. The Morgan fingerprint density at radius 1 is 1.21 bits per heavy atom. The number of sulfonamides is 1. The first kappa shape index (κ1) is 21.5. The van der Waals surface area contributed by atoms with Gasteiger partial charge in [0, 0.05) is 17.0 Å². The smallest absolute Gasteiger partial charge is 0.307 e. The van der Waals surface area contributed by atoms with E-state index in [9.17, 15) is 13.2 Å². The fourth-order valence-corrected chi connectivity index (χ4v) is 4.74. The van der Waals surface area contributed by atoms with Gasteiger partial charge in [0.25, 0.3) is 0 Å². The second-order valence-electron chi connectivity index (χ2n) is 6.48. The number of benzene rings is 1. The summed E-state index contributed by atoms with van der Waals surface area (Å²) in [5.74, 6) is 0.235. The summed E-state index contributed by atoms with van der Waals surface area (Å²) >= 11 is 7.40. The number of amides is 1. The third kappa shape index (κ3) is 4.68. The number of carbonyl (C=O) groups is 1. The minimum absolute atomic E-state index is 0.0511. The van der Waals surface area contributed by atoms with Crippen molar-refractivity contribution in [2.24, 2.45) is 7.05 Å². The number of rotatable bonds is 6. The lowest BCUT2D eigenvalue weighted by molar-refractivity contribution is 0.0977. The van der Waals surface area contributed by atoms with Crippen LogP contribution in [0, 0.1) is 13.8 Å². The fourth-order valence-electron chi connectivity index (χ4n) is 2.83. The van der Waals surface area contributed by atoms with Gasteiger partial charge in [-0.3, -0.25) is 9.48 Å². The molecular weight excluding hydrogens is 434 g/mol. The van der Waals surface area contributed by atoms with Crippen molar-refractivity contribution in [2.75, 3.05) is 10.6 Å². The molecule has 0 aliphatic heterocycles. The number of anilines is 1. The van der Waals surface area contributed by atoms with Crippen LogP contribution in [0.4, 0.5) is 5.69 Å². The average molecular weight is 454 g/mol. The van der Waals surface area contributed by atoms with E-state index in [1.807, 2.05) is 12.1 Å². The van der Waals surface area contributed by atoms with Crippen LogP contribution in [-0.2, 0) is 22.8 Å². The summed E-state index contributed by atoms with van der Waals surface area (Å²) in [7, 11) is -2.20. The van der Waals surface area contributed by atoms with Crippen molar-refractivity contribution < 1.29 is 17.6 Å². The minimum atomic E-state index is -3.89. The molecule has 0 atom stereocenters. The Bertz CT molecular complexity index is 1150. The van der Waals surface area contributed by atoms with Crippen molar-refractivity contribution in [3.63, 3.8) is 0 Å². The van der Waals surface area contributed by atoms with E-state index in [0.717, 1.165) is 15.5 Å². The maximum Gasteiger partial charge on any atom is 0.307 e. The molecule has 0 bridgehead atoms. The second kappa shape index (κ2) is 8.25. The molecule has 3 rings (SSSR count). The number of aromatic nitrogens is 2. The van der Waals surface area contributed by atoms with E-state index < -0.39 is 15.9 Å². The van der Waals surface area contributed by atoms with Crippen molar-refractivity contribution in [1.29, 1.82) is 0 Å². The van der Waals surface area contributed by atoms with Crippen molar-refractivity contribution >= 4 is 45.0 Å². The lowest BCUT2D eigenvalue weighted by Crippen LogP contribution is -2.36. The first-order valence-corrected chi connectivity index (χ1v) is 11.8. The van der Waals surface area contributed by atoms with E-state index in [4.69, 9.17) is 16.0 Å². The summed E-state index contributed by atoms with van der Waals surface area (Å²) in [4.78, 5) is 14.0. The number of hydrogen-bond acceptors (Lipinski definition) is 6. The molecule has 2 heterocycles. The SMILES string of the molecule is Cc1nn(C)c(C)c1N(C(=O)c1ccc(CSc2ccc(Cl)cc2)o1)S(C)(=O)=O. The molecule has 3 aromatic rings. The van der Waals surface area contributed by atoms with Crippen LogP contribution in [0.2, 0.25) is 5.02 Å². The third-order valence-electron chi connectivity index (χ3n) is 4.26. The Kier molecular flexibility index (Phi) is 6.11. The number of hydrogen-bond donors (Lipinski definition) is 0. The van der Waals surface area contributed by atoms with Gasteiger partial charge in [0.15, 0.2) is 5.76 Å². The third-order valence-corrected chi connectivity index (χ3v) is 6.56. The van der Waals surface area contributed by atoms with Gasteiger partial charge in [0.05, 0.1) is 23.4 Å². The Labute approximate surface area is 178 Å². The zero-order valence-electron chi connectivity index (χ0n) is 16.3. The number of carbonyl (C=O) groups excluding carboxylic acids is 1. The van der Waals surface area contributed by atoms with E-state index in [-0.39, 0.29) is 11.4 Å². The maximum absolute atomic E-state index is 13.0. The van der Waals surface area contributed by atoms with Crippen LogP contribution in [0.25, 0.3) is 0 Å². The van der Waals surface area contributed by atoms with Crippen LogP contribution >= 0.6 is 23.4 Å². The Morgan fingerprint density at radius 2 is 1.86 bits per heavy atom. The van der Waals surface area contributed by atoms with E-state index in [1.165, 1.54) is 22.5 Å². The van der Waals surface area contributed by atoms with E-state index in [2.05, 4.69) is 5.10 Å². The molecule has 7 nitrogen and oxygen atoms in total. The first-order chi connectivity index (χ1) is 13.6. The zero-order chi connectivity index (χ0) is 21.3. The normalized spacial score (nSPS) is 11.6. The summed E-state index contributed by atoms with van der Waals surface area (Å²) in [5, 5.41) is 4.87. The summed E-state index contributed by atoms with van der Waals surface area (Å²) in [5.41, 5.74) is 1.24.